The van der Waals surface area contributed by atoms with Gasteiger partial charge in [-0.2, -0.15) is 5.10 Å². The van der Waals surface area contributed by atoms with Crippen molar-refractivity contribution in [2.75, 3.05) is 6.54 Å². The van der Waals surface area contributed by atoms with Gasteiger partial charge >= 0.3 is 0 Å². The number of rotatable bonds is 7. The first-order valence-corrected chi connectivity index (χ1v) is 8.85. The number of aromatic nitrogens is 2. The molecule has 1 aliphatic carbocycles. The Balaban J connectivity index is 1.71. The molecule has 2 aromatic rings. The van der Waals surface area contributed by atoms with E-state index < -0.39 is 10.0 Å². The zero-order valence-corrected chi connectivity index (χ0v) is 13.0. The van der Waals surface area contributed by atoms with E-state index in [1.54, 1.807) is 10.9 Å². The number of sulfonamides is 1. The molecule has 1 aromatic carbocycles. The average molecular weight is 320 g/mol. The van der Waals surface area contributed by atoms with Crippen LogP contribution in [0.1, 0.15) is 18.4 Å². The summed E-state index contributed by atoms with van der Waals surface area (Å²) in [6.45, 7) is 0.862. The number of nitrogens with two attached hydrogens (primary N) is 1. The normalized spacial score (nSPS) is 16.6. The average Bonchev–Trinajstić information content (AvgIpc) is 3.25. The molecule has 1 saturated carbocycles. The van der Waals surface area contributed by atoms with Gasteiger partial charge in [0.2, 0.25) is 10.0 Å². The van der Waals surface area contributed by atoms with Crippen molar-refractivity contribution in [3.05, 3.63) is 48.3 Å². The number of hydrogen-bond donors (Lipinski definition) is 2. The molecule has 1 aliphatic rings. The molecule has 1 atom stereocenters. The molecule has 1 aromatic heterocycles. The minimum Gasteiger partial charge on any atom is -0.329 e. The highest BCUT2D eigenvalue weighted by atomic mass is 32.2. The maximum atomic E-state index is 12.4. The second kappa shape index (κ2) is 6.20. The minimum atomic E-state index is -3.56. The Bertz CT molecular complexity index is 723. The van der Waals surface area contributed by atoms with Gasteiger partial charge in [0.25, 0.3) is 0 Å². The smallest absolute Gasteiger partial charge is 0.243 e. The van der Waals surface area contributed by atoms with Crippen LogP contribution in [0.4, 0.5) is 0 Å². The van der Waals surface area contributed by atoms with E-state index in [1.807, 2.05) is 30.3 Å². The van der Waals surface area contributed by atoms with Crippen LogP contribution in [0.25, 0.3) is 0 Å². The molecular formula is C15H20N4O2S. The van der Waals surface area contributed by atoms with Gasteiger partial charge in [-0.1, -0.05) is 30.3 Å². The molecule has 0 amide bonds. The van der Waals surface area contributed by atoms with E-state index in [9.17, 15) is 8.42 Å². The van der Waals surface area contributed by atoms with Gasteiger partial charge in [-0.3, -0.25) is 4.68 Å². The van der Waals surface area contributed by atoms with Crippen LogP contribution in [0, 0.1) is 5.92 Å². The molecule has 6 nitrogen and oxygen atoms in total. The lowest BCUT2D eigenvalue weighted by Gasteiger charge is -2.15. The van der Waals surface area contributed by atoms with Gasteiger partial charge in [-0.05, 0) is 24.3 Å². The van der Waals surface area contributed by atoms with Crippen LogP contribution in [0.5, 0.6) is 0 Å². The summed E-state index contributed by atoms with van der Waals surface area (Å²) >= 11 is 0. The fourth-order valence-electron chi connectivity index (χ4n) is 2.44. The maximum absolute atomic E-state index is 12.4. The lowest BCUT2D eigenvalue weighted by molar-refractivity contribution is 0.519. The highest BCUT2D eigenvalue weighted by molar-refractivity contribution is 7.89. The maximum Gasteiger partial charge on any atom is 0.243 e. The summed E-state index contributed by atoms with van der Waals surface area (Å²) in [4.78, 5) is 0.183. The van der Waals surface area contributed by atoms with E-state index in [1.165, 1.54) is 6.20 Å². The Morgan fingerprint density at radius 1 is 1.32 bits per heavy atom. The van der Waals surface area contributed by atoms with Gasteiger partial charge in [-0.25, -0.2) is 13.1 Å². The molecule has 1 heterocycles. The summed E-state index contributed by atoms with van der Waals surface area (Å²) in [5, 5.41) is 4.14. The Morgan fingerprint density at radius 3 is 2.68 bits per heavy atom. The van der Waals surface area contributed by atoms with Gasteiger partial charge in [-0.15, -0.1) is 0 Å². The zero-order valence-electron chi connectivity index (χ0n) is 12.2. The van der Waals surface area contributed by atoms with Crippen molar-refractivity contribution in [3.8, 4) is 0 Å². The van der Waals surface area contributed by atoms with Crippen LogP contribution in [0.15, 0.2) is 47.6 Å². The lowest BCUT2D eigenvalue weighted by Crippen LogP contribution is -2.41. The van der Waals surface area contributed by atoms with E-state index in [4.69, 9.17) is 5.73 Å². The molecule has 1 fully saturated rings. The highest BCUT2D eigenvalue weighted by Crippen LogP contribution is 2.32. The molecule has 22 heavy (non-hydrogen) atoms. The second-order valence-corrected chi connectivity index (χ2v) is 7.37. The van der Waals surface area contributed by atoms with Crippen LogP contribution >= 0.6 is 0 Å². The third kappa shape index (κ3) is 3.55. The minimum absolute atomic E-state index is 0.178. The third-order valence-electron chi connectivity index (χ3n) is 3.86. The van der Waals surface area contributed by atoms with Crippen molar-refractivity contribution >= 4 is 10.0 Å². The molecule has 0 radical (unpaired) electrons. The third-order valence-corrected chi connectivity index (χ3v) is 5.30. The SMILES string of the molecule is NC[C@H](NS(=O)(=O)c1cnn(Cc2ccccc2)c1)C1CC1. The Labute approximate surface area is 130 Å². The van der Waals surface area contributed by atoms with Crippen LogP contribution in [-0.2, 0) is 16.6 Å². The Kier molecular flexibility index (Phi) is 4.28. The lowest BCUT2D eigenvalue weighted by atomic mass is 10.2. The van der Waals surface area contributed by atoms with Crippen LogP contribution in [-0.4, -0.2) is 30.8 Å². The number of nitrogens with zero attached hydrogens (tertiary/aromatic N) is 2. The first-order chi connectivity index (χ1) is 10.6. The van der Waals surface area contributed by atoms with Crippen LogP contribution in [0.3, 0.4) is 0 Å². The monoisotopic (exact) mass is 320 g/mol. The first kappa shape index (κ1) is 15.2. The van der Waals surface area contributed by atoms with Crippen molar-refractivity contribution in [3.63, 3.8) is 0 Å². The fourth-order valence-corrected chi connectivity index (χ4v) is 3.71. The molecule has 0 bridgehead atoms. The molecule has 7 heteroatoms. The Hall–Kier alpha value is -1.70. The van der Waals surface area contributed by atoms with E-state index in [0.717, 1.165) is 18.4 Å². The standard InChI is InChI=1S/C15H20N4O2S/c16-8-15(13-6-7-13)18-22(20,21)14-9-17-19(11-14)10-12-4-2-1-3-5-12/h1-5,9,11,13,15,18H,6-8,10,16H2/t15-/m0/s1. The fraction of sp³-hybridized carbons (Fsp3) is 0.400. The largest absolute Gasteiger partial charge is 0.329 e. The van der Waals surface area contributed by atoms with E-state index in [2.05, 4.69) is 9.82 Å². The van der Waals surface area contributed by atoms with Gasteiger partial charge in [0.05, 0.1) is 12.7 Å². The predicted octanol–water partition coefficient (Wildman–Crippen LogP) is 0.947. The second-order valence-electron chi connectivity index (χ2n) is 5.66. The number of nitrogens with one attached hydrogen (secondary N) is 1. The van der Waals surface area contributed by atoms with Crippen molar-refractivity contribution in [1.29, 1.82) is 0 Å². The van der Waals surface area contributed by atoms with Crippen LogP contribution in [0.2, 0.25) is 0 Å². The number of benzene rings is 1. The predicted molar refractivity (Wildman–Crippen MR) is 83.7 cm³/mol. The quantitative estimate of drug-likeness (QED) is 0.794. The summed E-state index contributed by atoms with van der Waals surface area (Å²) in [5.74, 6) is 0.374. The van der Waals surface area contributed by atoms with Crippen molar-refractivity contribution < 1.29 is 8.42 Å². The molecule has 3 N–H and O–H groups in total. The van der Waals surface area contributed by atoms with Crippen molar-refractivity contribution in [2.45, 2.75) is 30.3 Å². The first-order valence-electron chi connectivity index (χ1n) is 7.37. The summed E-state index contributed by atoms with van der Waals surface area (Å²) < 4.78 is 29.1. The molecule has 0 saturated heterocycles. The topological polar surface area (TPSA) is 90.0 Å². The van der Waals surface area contributed by atoms with Gasteiger partial charge in [0, 0.05) is 18.8 Å². The van der Waals surface area contributed by atoms with Gasteiger partial charge in [0.15, 0.2) is 0 Å². The molecule has 0 spiro atoms. The van der Waals surface area contributed by atoms with Crippen molar-refractivity contribution in [2.24, 2.45) is 11.7 Å². The summed E-state index contributed by atoms with van der Waals surface area (Å²) in [6.07, 6.45) is 5.01. The molecule has 0 unspecified atom stereocenters. The van der Waals surface area contributed by atoms with E-state index in [-0.39, 0.29) is 10.9 Å². The van der Waals surface area contributed by atoms with E-state index >= 15 is 0 Å². The zero-order chi connectivity index (χ0) is 15.6. The van der Waals surface area contributed by atoms with Crippen molar-refractivity contribution in [1.82, 2.24) is 14.5 Å². The molecule has 118 valence electrons. The molecule has 0 aliphatic heterocycles. The highest BCUT2D eigenvalue weighted by Gasteiger charge is 2.33. The van der Waals surface area contributed by atoms with Gasteiger partial charge in [0.1, 0.15) is 4.90 Å². The summed E-state index contributed by atoms with van der Waals surface area (Å²) in [6, 6.07) is 9.61. The molecular weight excluding hydrogens is 300 g/mol. The Morgan fingerprint density at radius 2 is 2.05 bits per heavy atom. The summed E-state index contributed by atoms with van der Waals surface area (Å²) in [7, 11) is -3.56. The van der Waals surface area contributed by atoms with Gasteiger partial charge < -0.3 is 5.73 Å². The summed E-state index contributed by atoms with van der Waals surface area (Å²) in [5.41, 5.74) is 6.73. The van der Waals surface area contributed by atoms with E-state index in [0.29, 0.717) is 19.0 Å². The molecule has 3 rings (SSSR count). The van der Waals surface area contributed by atoms with Crippen LogP contribution < -0.4 is 10.5 Å². The number of hydrogen-bond acceptors (Lipinski definition) is 4.